The minimum Gasteiger partial charge on any atom is -0.309 e. The largest absolute Gasteiger partial charge is 0.309 e. The van der Waals surface area contributed by atoms with Crippen molar-refractivity contribution in [3.05, 3.63) is 364 Å². The van der Waals surface area contributed by atoms with Gasteiger partial charge in [0, 0.05) is 105 Å². The average molecular weight is 1270 g/mol. The van der Waals surface area contributed by atoms with Crippen molar-refractivity contribution in [2.24, 2.45) is 0 Å². The summed E-state index contributed by atoms with van der Waals surface area (Å²) in [4.78, 5) is 12.4. The van der Waals surface area contributed by atoms with Crippen molar-refractivity contribution in [2.75, 3.05) is 0 Å². The first-order valence-electron chi connectivity index (χ1n) is 34.2. The minimum absolute atomic E-state index is 0.850. The number of fused-ring (bicyclic) bond motifs is 12. The molecule has 466 valence electrons. The molecule has 6 heteroatoms. The lowest BCUT2D eigenvalue weighted by atomic mass is 9.79. The molecule has 0 aliphatic carbocycles. The van der Waals surface area contributed by atoms with E-state index >= 15 is 0 Å². The van der Waals surface area contributed by atoms with E-state index in [1.165, 1.54) is 0 Å². The van der Waals surface area contributed by atoms with E-state index in [2.05, 4.69) is 382 Å². The lowest BCUT2D eigenvalue weighted by molar-refractivity contribution is 1.18. The molecular weight excluding hydrogens is 1210 g/mol. The summed E-state index contributed by atoms with van der Waals surface area (Å²) >= 11 is 0. The molecule has 6 aromatic heterocycles. The van der Waals surface area contributed by atoms with Crippen LogP contribution in [-0.2, 0) is 0 Å². The standard InChI is InChI=1S/C94H60N6/c1-6-31-61(32-7-1)76-51-30-52-77(95-76)66-41-16-17-42-67(66)90-91(72-47-26-57-82-86(72)68-43-18-22-53-78(68)97(82)62-33-8-2-9-34-62)93(74-49-28-59-84-88(74)70-45-20-24-55-80(70)99(84)64-37-12-4-13-38-64)96-94(75-50-29-60-85-89(75)71-46-21-25-56-81(71)100(85)65-39-14-5-15-40-65)92(90)73-48-27-58-83-87(73)69-44-19-23-54-79(69)98(83)63-35-10-3-11-36-63/h1-60H. The van der Waals surface area contributed by atoms with Crippen LogP contribution in [0.2, 0.25) is 0 Å². The minimum atomic E-state index is 0.850. The summed E-state index contributed by atoms with van der Waals surface area (Å²) < 4.78 is 9.75. The van der Waals surface area contributed by atoms with E-state index in [9.17, 15) is 0 Å². The van der Waals surface area contributed by atoms with Crippen molar-refractivity contribution in [3.63, 3.8) is 0 Å². The number of hydrogen-bond acceptors (Lipinski definition) is 2. The van der Waals surface area contributed by atoms with Gasteiger partial charge < -0.3 is 18.3 Å². The lowest BCUT2D eigenvalue weighted by Gasteiger charge is -2.26. The molecule has 0 spiro atoms. The van der Waals surface area contributed by atoms with Crippen LogP contribution in [0.25, 0.3) is 188 Å². The SMILES string of the molecule is c1ccc(-c2cccc(-c3ccccc3-c3c(-c4cccc5c4c4ccccc4n5-c4ccccc4)c(-c4cccc5c4c4ccccc4n5-c4ccccc4)nc(-c4cccc5c4c4ccccc4n5-c4ccccc4)c3-c3cccc4c3c3ccccc3n4-c3ccccc3)n2)cc1. The van der Waals surface area contributed by atoms with Crippen molar-refractivity contribution in [3.8, 4) is 101 Å². The normalized spacial score (nSPS) is 11.8. The summed E-state index contributed by atoms with van der Waals surface area (Å²) in [6.07, 6.45) is 0. The molecule has 0 atom stereocenters. The average Bonchev–Trinajstić information content (AvgIpc) is 1.43. The summed E-state index contributed by atoms with van der Waals surface area (Å²) in [6.45, 7) is 0. The number of para-hydroxylation sites is 8. The van der Waals surface area contributed by atoms with Crippen LogP contribution < -0.4 is 0 Å². The predicted octanol–water partition coefficient (Wildman–Crippen LogP) is 24.5. The second-order valence-corrected chi connectivity index (χ2v) is 25.8. The van der Waals surface area contributed by atoms with Crippen molar-refractivity contribution in [1.29, 1.82) is 0 Å². The Labute approximate surface area is 577 Å². The maximum absolute atomic E-state index is 6.74. The maximum atomic E-state index is 6.74. The highest BCUT2D eigenvalue weighted by Crippen LogP contribution is 2.57. The molecule has 0 saturated carbocycles. The Balaban J connectivity index is 1.06. The number of rotatable bonds is 11. The van der Waals surface area contributed by atoms with Gasteiger partial charge in [0.15, 0.2) is 0 Å². The molecule has 14 aromatic carbocycles. The van der Waals surface area contributed by atoms with Gasteiger partial charge in [-0.1, -0.05) is 255 Å². The van der Waals surface area contributed by atoms with E-state index < -0.39 is 0 Å². The number of hydrogen-bond donors (Lipinski definition) is 0. The molecule has 0 radical (unpaired) electrons. The molecule has 0 aliphatic heterocycles. The van der Waals surface area contributed by atoms with Gasteiger partial charge in [-0.25, -0.2) is 9.97 Å². The fourth-order valence-corrected chi connectivity index (χ4v) is 16.4. The maximum Gasteiger partial charge on any atom is 0.0801 e. The summed E-state index contributed by atoms with van der Waals surface area (Å²) in [7, 11) is 0. The number of benzene rings is 14. The Hall–Kier alpha value is -13.4. The molecule has 0 bridgehead atoms. The van der Waals surface area contributed by atoms with Gasteiger partial charge in [0.25, 0.3) is 0 Å². The first-order chi connectivity index (χ1) is 49.7. The lowest BCUT2D eigenvalue weighted by Crippen LogP contribution is -2.04. The van der Waals surface area contributed by atoms with E-state index in [0.717, 1.165) is 188 Å². The van der Waals surface area contributed by atoms with E-state index in [1.807, 2.05) is 0 Å². The van der Waals surface area contributed by atoms with E-state index in [1.54, 1.807) is 0 Å². The molecule has 100 heavy (non-hydrogen) atoms. The van der Waals surface area contributed by atoms with Crippen molar-refractivity contribution >= 4 is 87.2 Å². The van der Waals surface area contributed by atoms with E-state index in [-0.39, 0.29) is 0 Å². The molecule has 20 rings (SSSR count). The Morgan fingerprint density at radius 1 is 0.170 bits per heavy atom. The first kappa shape index (κ1) is 56.9. The molecular formula is C94H60N6. The van der Waals surface area contributed by atoms with Crippen molar-refractivity contribution < 1.29 is 0 Å². The van der Waals surface area contributed by atoms with Crippen LogP contribution in [0.5, 0.6) is 0 Å². The highest BCUT2D eigenvalue weighted by atomic mass is 15.0. The second-order valence-electron chi connectivity index (χ2n) is 25.8. The number of nitrogens with zero attached hydrogens (tertiary/aromatic N) is 6. The molecule has 0 saturated heterocycles. The van der Waals surface area contributed by atoms with Gasteiger partial charge in [-0.2, -0.15) is 0 Å². The van der Waals surface area contributed by atoms with Crippen LogP contribution in [-0.4, -0.2) is 28.2 Å². The van der Waals surface area contributed by atoms with Gasteiger partial charge in [0.05, 0.1) is 66.9 Å². The van der Waals surface area contributed by atoms with Crippen molar-refractivity contribution in [1.82, 2.24) is 28.2 Å². The third-order valence-electron chi connectivity index (χ3n) is 20.4. The fraction of sp³-hybridized carbons (Fsp3) is 0. The monoisotopic (exact) mass is 1270 g/mol. The summed E-state index contributed by atoms with van der Waals surface area (Å²) in [5, 5.41) is 8.99. The highest BCUT2D eigenvalue weighted by molar-refractivity contribution is 6.27. The van der Waals surface area contributed by atoms with Gasteiger partial charge in [-0.3, -0.25) is 0 Å². The summed E-state index contributed by atoms with van der Waals surface area (Å²) in [5.41, 5.74) is 26.7. The zero-order valence-corrected chi connectivity index (χ0v) is 54.3. The molecule has 6 heterocycles. The molecule has 20 aromatic rings. The van der Waals surface area contributed by atoms with Crippen LogP contribution >= 0.6 is 0 Å². The van der Waals surface area contributed by atoms with Gasteiger partial charge in [0.1, 0.15) is 0 Å². The smallest absolute Gasteiger partial charge is 0.0801 e. The third kappa shape index (κ3) is 8.77. The van der Waals surface area contributed by atoms with E-state index in [4.69, 9.17) is 9.97 Å². The Morgan fingerprint density at radius 2 is 0.440 bits per heavy atom. The highest BCUT2D eigenvalue weighted by Gasteiger charge is 2.33. The second kappa shape index (κ2) is 23.2. The topological polar surface area (TPSA) is 45.5 Å². The zero-order valence-electron chi connectivity index (χ0n) is 54.3. The van der Waals surface area contributed by atoms with Crippen LogP contribution in [0.3, 0.4) is 0 Å². The Bertz CT molecular complexity index is 6280. The quantitative estimate of drug-likeness (QED) is 0.130. The molecule has 0 unspecified atom stereocenters. The predicted molar refractivity (Wildman–Crippen MR) is 417 cm³/mol. The summed E-state index contributed by atoms with van der Waals surface area (Å²) in [6, 6.07) is 133. The Morgan fingerprint density at radius 3 is 0.820 bits per heavy atom. The van der Waals surface area contributed by atoms with Crippen LogP contribution in [0.15, 0.2) is 364 Å². The van der Waals surface area contributed by atoms with E-state index in [0.29, 0.717) is 0 Å². The van der Waals surface area contributed by atoms with Gasteiger partial charge >= 0.3 is 0 Å². The number of pyridine rings is 2. The van der Waals surface area contributed by atoms with Gasteiger partial charge in [-0.15, -0.1) is 0 Å². The van der Waals surface area contributed by atoms with Crippen LogP contribution in [0.1, 0.15) is 0 Å². The van der Waals surface area contributed by atoms with Crippen LogP contribution in [0.4, 0.5) is 0 Å². The molecule has 0 amide bonds. The molecule has 0 aliphatic rings. The first-order valence-corrected chi connectivity index (χ1v) is 34.2. The van der Waals surface area contributed by atoms with Crippen LogP contribution in [0, 0.1) is 0 Å². The van der Waals surface area contributed by atoms with Crippen molar-refractivity contribution in [2.45, 2.75) is 0 Å². The summed E-state index contributed by atoms with van der Waals surface area (Å²) in [5.74, 6) is 0. The third-order valence-corrected chi connectivity index (χ3v) is 20.4. The van der Waals surface area contributed by atoms with Gasteiger partial charge in [0.2, 0.25) is 0 Å². The Kier molecular flexibility index (Phi) is 13.2. The van der Waals surface area contributed by atoms with Gasteiger partial charge in [-0.05, 0) is 126 Å². The number of aromatic nitrogens is 6. The fourth-order valence-electron chi connectivity index (χ4n) is 16.4. The molecule has 0 fully saturated rings. The zero-order chi connectivity index (χ0) is 65.8. The molecule has 6 nitrogen and oxygen atoms in total. The molecule has 0 N–H and O–H groups in total.